The summed E-state index contributed by atoms with van der Waals surface area (Å²) in [5, 5.41) is 0. The van der Waals surface area contributed by atoms with Crippen molar-refractivity contribution < 1.29 is 0 Å². The van der Waals surface area contributed by atoms with Gasteiger partial charge in [-0.15, -0.1) is 0 Å². The van der Waals surface area contributed by atoms with E-state index in [0.29, 0.717) is 6.54 Å². The molecule has 4 heteroatoms. The molecular formula is C15H11BrN2O. The van der Waals surface area contributed by atoms with E-state index in [0.717, 1.165) is 21.1 Å². The maximum Gasteiger partial charge on any atom is 0.269 e. The monoisotopic (exact) mass is 314 g/mol. The molecule has 0 amide bonds. The summed E-state index contributed by atoms with van der Waals surface area (Å²) in [6.07, 6.45) is 1.37. The molecule has 3 nitrogen and oxygen atoms in total. The summed E-state index contributed by atoms with van der Waals surface area (Å²) in [5.74, 6) is 0. The van der Waals surface area contributed by atoms with E-state index >= 15 is 0 Å². The summed E-state index contributed by atoms with van der Waals surface area (Å²) in [6, 6.07) is 15.7. The van der Waals surface area contributed by atoms with Crippen LogP contribution in [0.4, 0.5) is 0 Å². The highest BCUT2D eigenvalue weighted by Crippen LogP contribution is 2.17. The van der Waals surface area contributed by atoms with E-state index in [1.807, 2.05) is 48.5 Å². The Morgan fingerprint density at radius 3 is 2.68 bits per heavy atom. The van der Waals surface area contributed by atoms with Gasteiger partial charge in [0.1, 0.15) is 0 Å². The predicted molar refractivity (Wildman–Crippen MR) is 79.2 cm³/mol. The smallest absolute Gasteiger partial charge is 0.269 e. The standard InChI is InChI=1S/C15H11BrN2O/c16-12-6-7-13-14(8-12)18(15(19)9-17-13)10-11-4-2-1-3-5-11/h1-9H,10H2. The largest absolute Gasteiger partial charge is 0.301 e. The van der Waals surface area contributed by atoms with Crippen molar-refractivity contribution in [3.05, 3.63) is 75.1 Å². The number of benzene rings is 2. The van der Waals surface area contributed by atoms with Gasteiger partial charge in [0, 0.05) is 4.47 Å². The van der Waals surface area contributed by atoms with Crippen LogP contribution in [0.1, 0.15) is 5.56 Å². The molecule has 2 aromatic carbocycles. The molecule has 0 N–H and O–H groups in total. The minimum Gasteiger partial charge on any atom is -0.301 e. The number of hydrogen-bond donors (Lipinski definition) is 0. The van der Waals surface area contributed by atoms with Crippen LogP contribution in [-0.4, -0.2) is 9.55 Å². The zero-order valence-corrected chi connectivity index (χ0v) is 11.7. The molecule has 0 bridgehead atoms. The maximum absolute atomic E-state index is 12.0. The molecule has 0 saturated heterocycles. The van der Waals surface area contributed by atoms with Crippen molar-refractivity contribution in [2.75, 3.05) is 0 Å². The van der Waals surface area contributed by atoms with E-state index in [-0.39, 0.29) is 5.56 Å². The lowest BCUT2D eigenvalue weighted by atomic mass is 10.2. The van der Waals surface area contributed by atoms with Crippen LogP contribution in [0.25, 0.3) is 11.0 Å². The fraction of sp³-hybridized carbons (Fsp3) is 0.0667. The quantitative estimate of drug-likeness (QED) is 0.728. The average molecular weight is 315 g/mol. The van der Waals surface area contributed by atoms with Gasteiger partial charge in [-0.05, 0) is 23.8 Å². The molecule has 0 atom stereocenters. The molecule has 1 aromatic heterocycles. The van der Waals surface area contributed by atoms with Crippen molar-refractivity contribution in [2.45, 2.75) is 6.54 Å². The Hall–Kier alpha value is -1.94. The highest BCUT2D eigenvalue weighted by molar-refractivity contribution is 9.10. The van der Waals surface area contributed by atoms with Gasteiger partial charge in [-0.3, -0.25) is 4.79 Å². The molecule has 0 spiro atoms. The second-order valence-electron chi connectivity index (χ2n) is 4.30. The molecule has 0 unspecified atom stereocenters. The van der Waals surface area contributed by atoms with Gasteiger partial charge in [0.2, 0.25) is 0 Å². The van der Waals surface area contributed by atoms with Gasteiger partial charge in [0.25, 0.3) is 5.56 Å². The summed E-state index contributed by atoms with van der Waals surface area (Å²) in [7, 11) is 0. The lowest BCUT2D eigenvalue weighted by Crippen LogP contribution is -2.21. The normalized spacial score (nSPS) is 10.8. The topological polar surface area (TPSA) is 34.9 Å². The Bertz CT molecular complexity index is 781. The lowest BCUT2D eigenvalue weighted by molar-refractivity contribution is 0.786. The van der Waals surface area contributed by atoms with Gasteiger partial charge in [-0.25, -0.2) is 4.98 Å². The maximum atomic E-state index is 12.0. The first kappa shape index (κ1) is 12.1. The van der Waals surface area contributed by atoms with Crippen molar-refractivity contribution in [1.29, 1.82) is 0 Å². The zero-order chi connectivity index (χ0) is 13.2. The van der Waals surface area contributed by atoms with Gasteiger partial charge >= 0.3 is 0 Å². The van der Waals surface area contributed by atoms with E-state index in [4.69, 9.17) is 0 Å². The van der Waals surface area contributed by atoms with Crippen LogP contribution in [-0.2, 0) is 6.54 Å². The Morgan fingerprint density at radius 1 is 1.11 bits per heavy atom. The number of nitrogens with zero attached hydrogens (tertiary/aromatic N) is 2. The molecule has 3 aromatic rings. The molecular weight excluding hydrogens is 304 g/mol. The highest BCUT2D eigenvalue weighted by atomic mass is 79.9. The van der Waals surface area contributed by atoms with E-state index in [1.165, 1.54) is 6.20 Å². The van der Waals surface area contributed by atoms with Gasteiger partial charge < -0.3 is 4.57 Å². The van der Waals surface area contributed by atoms with Gasteiger partial charge in [-0.1, -0.05) is 46.3 Å². The number of halogens is 1. The number of aromatic nitrogens is 2. The van der Waals surface area contributed by atoms with Crippen LogP contribution in [0.2, 0.25) is 0 Å². The molecule has 0 aliphatic rings. The van der Waals surface area contributed by atoms with Crippen molar-refractivity contribution in [3.63, 3.8) is 0 Å². The molecule has 0 aliphatic heterocycles. The third-order valence-electron chi connectivity index (χ3n) is 2.99. The van der Waals surface area contributed by atoms with Crippen molar-refractivity contribution in [1.82, 2.24) is 9.55 Å². The molecule has 94 valence electrons. The molecule has 1 heterocycles. The molecule has 0 saturated carbocycles. The van der Waals surface area contributed by atoms with Crippen molar-refractivity contribution >= 4 is 27.0 Å². The fourth-order valence-electron chi connectivity index (χ4n) is 2.06. The predicted octanol–water partition coefficient (Wildman–Crippen LogP) is 3.21. The van der Waals surface area contributed by atoms with E-state index in [2.05, 4.69) is 20.9 Å². The van der Waals surface area contributed by atoms with Crippen LogP contribution in [0, 0.1) is 0 Å². The minimum atomic E-state index is -0.0885. The first-order valence-electron chi connectivity index (χ1n) is 5.93. The van der Waals surface area contributed by atoms with Crippen molar-refractivity contribution in [3.8, 4) is 0 Å². The van der Waals surface area contributed by atoms with Crippen LogP contribution in [0.5, 0.6) is 0 Å². The molecule has 0 aliphatic carbocycles. The summed E-state index contributed by atoms with van der Waals surface area (Å²) < 4.78 is 2.68. The number of fused-ring (bicyclic) bond motifs is 1. The second-order valence-corrected chi connectivity index (χ2v) is 5.22. The summed E-state index contributed by atoms with van der Waals surface area (Å²) >= 11 is 3.43. The number of rotatable bonds is 2. The third kappa shape index (κ3) is 2.44. The Kier molecular flexibility index (Phi) is 3.17. The number of hydrogen-bond acceptors (Lipinski definition) is 2. The lowest BCUT2D eigenvalue weighted by Gasteiger charge is -2.09. The molecule has 19 heavy (non-hydrogen) atoms. The third-order valence-corrected chi connectivity index (χ3v) is 3.49. The summed E-state index contributed by atoms with van der Waals surface area (Å²) in [6.45, 7) is 0.551. The summed E-state index contributed by atoms with van der Waals surface area (Å²) in [4.78, 5) is 16.2. The molecule has 3 rings (SSSR count). The van der Waals surface area contributed by atoms with Crippen LogP contribution in [0.3, 0.4) is 0 Å². The Morgan fingerprint density at radius 2 is 1.89 bits per heavy atom. The zero-order valence-electron chi connectivity index (χ0n) is 10.1. The van der Waals surface area contributed by atoms with E-state index in [1.54, 1.807) is 4.57 Å². The van der Waals surface area contributed by atoms with E-state index < -0.39 is 0 Å². The SMILES string of the molecule is O=c1cnc2ccc(Br)cc2n1Cc1ccccc1. The first-order valence-corrected chi connectivity index (χ1v) is 6.72. The highest BCUT2D eigenvalue weighted by Gasteiger charge is 2.05. The fourth-order valence-corrected chi connectivity index (χ4v) is 2.41. The van der Waals surface area contributed by atoms with Crippen LogP contribution < -0.4 is 5.56 Å². The van der Waals surface area contributed by atoms with Crippen molar-refractivity contribution in [2.24, 2.45) is 0 Å². The van der Waals surface area contributed by atoms with Gasteiger partial charge in [0.15, 0.2) is 0 Å². The van der Waals surface area contributed by atoms with Gasteiger partial charge in [-0.2, -0.15) is 0 Å². The molecule has 0 radical (unpaired) electrons. The van der Waals surface area contributed by atoms with Crippen LogP contribution >= 0.6 is 15.9 Å². The minimum absolute atomic E-state index is 0.0885. The first-order chi connectivity index (χ1) is 9.24. The molecule has 0 fully saturated rings. The Balaban J connectivity index is 2.19. The summed E-state index contributed by atoms with van der Waals surface area (Å²) in [5.41, 5.74) is 2.66. The average Bonchev–Trinajstić information content (AvgIpc) is 2.43. The second kappa shape index (κ2) is 4.97. The van der Waals surface area contributed by atoms with E-state index in [9.17, 15) is 4.79 Å². The van der Waals surface area contributed by atoms with Gasteiger partial charge in [0.05, 0.1) is 23.8 Å². The Labute approximate surface area is 118 Å². The van der Waals surface area contributed by atoms with Crippen LogP contribution in [0.15, 0.2) is 64.0 Å².